The van der Waals surface area contributed by atoms with E-state index in [1.165, 1.54) is 0 Å². The second-order valence-corrected chi connectivity index (χ2v) is 3.50. The second kappa shape index (κ2) is 7.23. The lowest BCUT2D eigenvalue weighted by Crippen LogP contribution is -2.37. The molecule has 0 spiro atoms. The Morgan fingerprint density at radius 3 is 2.47 bits per heavy atom. The van der Waals surface area contributed by atoms with Crippen molar-refractivity contribution in [2.45, 2.75) is 32.7 Å². The maximum atomic E-state index is 11.0. The van der Waals surface area contributed by atoms with Crippen LogP contribution in [0.4, 0.5) is 0 Å². The number of nitrogens with one attached hydrogen (secondary N) is 1. The summed E-state index contributed by atoms with van der Waals surface area (Å²) in [5.74, 6) is -0.822. The van der Waals surface area contributed by atoms with E-state index in [1.807, 2.05) is 18.7 Å². The molecule has 5 heteroatoms. The number of carbonyl (C=O) groups excluding carboxylic acids is 1. The van der Waals surface area contributed by atoms with Crippen molar-refractivity contribution in [1.29, 1.82) is 0 Å². The Labute approximate surface area is 90.5 Å². The van der Waals surface area contributed by atoms with Crippen LogP contribution in [0.1, 0.15) is 26.7 Å². The molecule has 0 aromatic rings. The van der Waals surface area contributed by atoms with E-state index < -0.39 is 5.97 Å². The summed E-state index contributed by atoms with van der Waals surface area (Å²) in [6, 6.07) is -0.0304. The van der Waals surface area contributed by atoms with Crippen molar-refractivity contribution >= 4 is 11.9 Å². The zero-order valence-electron chi connectivity index (χ0n) is 9.62. The van der Waals surface area contributed by atoms with Crippen LogP contribution < -0.4 is 5.32 Å². The van der Waals surface area contributed by atoms with Gasteiger partial charge in [-0.1, -0.05) is 6.92 Å². The topological polar surface area (TPSA) is 69.6 Å². The highest BCUT2D eigenvalue weighted by Crippen LogP contribution is 2.04. The van der Waals surface area contributed by atoms with Crippen molar-refractivity contribution < 1.29 is 14.7 Å². The Balaban J connectivity index is 4.00. The fraction of sp³-hybridized carbons (Fsp3) is 0.800. The minimum absolute atomic E-state index is 0.0176. The van der Waals surface area contributed by atoms with Crippen LogP contribution >= 0.6 is 0 Å². The summed E-state index contributed by atoms with van der Waals surface area (Å²) in [4.78, 5) is 23.5. The van der Waals surface area contributed by atoms with E-state index in [4.69, 9.17) is 5.11 Å². The standard InChI is InChI=1S/C10H20N2O3/c1-4-12(6-5-9(13)11-3)8(2)7-10(14)15/h8H,4-7H2,1-3H3,(H,11,13)(H,14,15). The van der Waals surface area contributed by atoms with Crippen LogP contribution in [0.15, 0.2) is 0 Å². The second-order valence-electron chi connectivity index (χ2n) is 3.50. The van der Waals surface area contributed by atoms with Crippen LogP contribution in [-0.4, -0.2) is 48.1 Å². The van der Waals surface area contributed by atoms with Gasteiger partial charge in [-0.05, 0) is 13.5 Å². The van der Waals surface area contributed by atoms with E-state index >= 15 is 0 Å². The van der Waals surface area contributed by atoms with Crippen LogP contribution in [-0.2, 0) is 9.59 Å². The van der Waals surface area contributed by atoms with Gasteiger partial charge in [0.1, 0.15) is 0 Å². The Hall–Kier alpha value is -1.10. The number of rotatable bonds is 7. The highest BCUT2D eigenvalue weighted by Gasteiger charge is 2.15. The lowest BCUT2D eigenvalue weighted by Gasteiger charge is -2.26. The molecular weight excluding hydrogens is 196 g/mol. The van der Waals surface area contributed by atoms with Crippen molar-refractivity contribution in [3.05, 3.63) is 0 Å². The monoisotopic (exact) mass is 216 g/mol. The number of carbonyl (C=O) groups is 2. The van der Waals surface area contributed by atoms with Gasteiger partial charge in [0.2, 0.25) is 5.91 Å². The highest BCUT2D eigenvalue weighted by atomic mass is 16.4. The third kappa shape index (κ3) is 6.06. The fourth-order valence-electron chi connectivity index (χ4n) is 1.44. The van der Waals surface area contributed by atoms with Crippen LogP contribution in [0, 0.1) is 0 Å². The summed E-state index contributed by atoms with van der Waals surface area (Å²) >= 11 is 0. The first kappa shape index (κ1) is 13.9. The summed E-state index contributed by atoms with van der Waals surface area (Å²) in [5.41, 5.74) is 0. The minimum Gasteiger partial charge on any atom is -0.481 e. The van der Waals surface area contributed by atoms with Crippen LogP contribution in [0.25, 0.3) is 0 Å². The smallest absolute Gasteiger partial charge is 0.304 e. The first-order chi connectivity index (χ1) is 7.01. The quantitative estimate of drug-likeness (QED) is 0.642. The predicted molar refractivity (Wildman–Crippen MR) is 57.6 cm³/mol. The molecule has 88 valence electrons. The van der Waals surface area contributed by atoms with Crippen molar-refractivity contribution in [3.8, 4) is 0 Å². The molecule has 2 N–H and O–H groups in total. The molecule has 0 aromatic carbocycles. The molecule has 0 radical (unpaired) electrons. The molecule has 5 nitrogen and oxygen atoms in total. The van der Waals surface area contributed by atoms with Crippen molar-refractivity contribution in [3.63, 3.8) is 0 Å². The summed E-state index contributed by atoms with van der Waals surface area (Å²) in [6.07, 6.45) is 0.524. The predicted octanol–water partition coefficient (Wildman–Crippen LogP) is 0.308. The molecule has 0 aromatic heterocycles. The van der Waals surface area contributed by atoms with Gasteiger partial charge in [-0.3, -0.25) is 14.5 Å². The van der Waals surface area contributed by atoms with Gasteiger partial charge >= 0.3 is 5.97 Å². The Morgan fingerprint density at radius 1 is 1.47 bits per heavy atom. The van der Waals surface area contributed by atoms with Gasteiger partial charge in [-0.15, -0.1) is 0 Å². The zero-order valence-corrected chi connectivity index (χ0v) is 9.62. The van der Waals surface area contributed by atoms with Gasteiger partial charge < -0.3 is 10.4 Å². The number of hydrogen-bond acceptors (Lipinski definition) is 3. The van der Waals surface area contributed by atoms with Crippen LogP contribution in [0.3, 0.4) is 0 Å². The number of amides is 1. The van der Waals surface area contributed by atoms with Gasteiger partial charge in [0.15, 0.2) is 0 Å². The van der Waals surface area contributed by atoms with E-state index in [0.717, 1.165) is 6.54 Å². The Kier molecular flexibility index (Phi) is 6.70. The fourth-order valence-corrected chi connectivity index (χ4v) is 1.44. The summed E-state index contributed by atoms with van der Waals surface area (Å²) < 4.78 is 0. The normalized spacial score (nSPS) is 12.5. The SMILES string of the molecule is CCN(CCC(=O)NC)C(C)CC(=O)O. The maximum absolute atomic E-state index is 11.0. The molecule has 0 aliphatic rings. The van der Waals surface area contributed by atoms with Gasteiger partial charge in [0.05, 0.1) is 6.42 Å². The average molecular weight is 216 g/mol. The number of carboxylic acids is 1. The molecule has 0 fully saturated rings. The molecule has 0 aliphatic heterocycles. The molecule has 1 amide bonds. The third-order valence-corrected chi connectivity index (χ3v) is 2.40. The first-order valence-corrected chi connectivity index (χ1v) is 5.17. The largest absolute Gasteiger partial charge is 0.481 e. The van der Waals surface area contributed by atoms with Gasteiger partial charge in [0, 0.05) is 26.1 Å². The molecule has 15 heavy (non-hydrogen) atoms. The zero-order chi connectivity index (χ0) is 11.8. The van der Waals surface area contributed by atoms with Crippen molar-refractivity contribution in [2.24, 2.45) is 0 Å². The number of aliphatic carboxylic acids is 1. The summed E-state index contributed by atoms with van der Waals surface area (Å²) in [5, 5.41) is 11.2. The molecule has 0 rings (SSSR count). The van der Waals surface area contributed by atoms with Gasteiger partial charge in [-0.2, -0.15) is 0 Å². The molecule has 0 bridgehead atoms. The lowest BCUT2D eigenvalue weighted by molar-refractivity contribution is -0.138. The summed E-state index contributed by atoms with van der Waals surface area (Å²) in [7, 11) is 1.60. The Bertz CT molecular complexity index is 219. The molecular formula is C10H20N2O3. The molecule has 1 unspecified atom stereocenters. The average Bonchev–Trinajstić information content (AvgIpc) is 2.17. The molecule has 0 aliphatic carbocycles. The van der Waals surface area contributed by atoms with Crippen LogP contribution in [0.2, 0.25) is 0 Å². The van der Waals surface area contributed by atoms with Gasteiger partial charge in [-0.25, -0.2) is 0 Å². The van der Waals surface area contributed by atoms with E-state index in [0.29, 0.717) is 13.0 Å². The molecule has 1 atom stereocenters. The van der Waals surface area contributed by atoms with Crippen molar-refractivity contribution in [2.75, 3.05) is 20.1 Å². The molecule has 0 heterocycles. The molecule has 0 saturated carbocycles. The lowest BCUT2D eigenvalue weighted by atomic mass is 10.2. The third-order valence-electron chi connectivity index (χ3n) is 2.40. The maximum Gasteiger partial charge on any atom is 0.304 e. The number of nitrogens with zero attached hydrogens (tertiary/aromatic N) is 1. The van der Waals surface area contributed by atoms with E-state index in [2.05, 4.69) is 5.32 Å². The van der Waals surface area contributed by atoms with E-state index in [1.54, 1.807) is 7.05 Å². The minimum atomic E-state index is -0.805. The van der Waals surface area contributed by atoms with E-state index in [-0.39, 0.29) is 18.4 Å². The van der Waals surface area contributed by atoms with E-state index in [9.17, 15) is 9.59 Å². The van der Waals surface area contributed by atoms with Gasteiger partial charge in [0.25, 0.3) is 0 Å². The highest BCUT2D eigenvalue weighted by molar-refractivity contribution is 5.75. The Morgan fingerprint density at radius 2 is 2.07 bits per heavy atom. The number of hydrogen-bond donors (Lipinski definition) is 2. The number of carboxylic acid groups (broad SMARTS) is 1. The van der Waals surface area contributed by atoms with Crippen molar-refractivity contribution in [1.82, 2.24) is 10.2 Å². The first-order valence-electron chi connectivity index (χ1n) is 5.17. The summed E-state index contributed by atoms with van der Waals surface area (Å²) in [6.45, 7) is 5.18. The van der Waals surface area contributed by atoms with Crippen LogP contribution in [0.5, 0.6) is 0 Å². The molecule has 0 saturated heterocycles.